The summed E-state index contributed by atoms with van der Waals surface area (Å²) in [5.41, 5.74) is 3.22. The van der Waals surface area contributed by atoms with Crippen molar-refractivity contribution in [2.45, 2.75) is 104 Å². The number of anilines is 1. The molecule has 0 saturated carbocycles. The number of carbonyl (C=O) groups excluding carboxylic acids is 3. The van der Waals surface area contributed by atoms with Gasteiger partial charge in [-0.25, -0.2) is 4.79 Å². The fourth-order valence-electron chi connectivity index (χ4n) is 5.96. The third kappa shape index (κ3) is 8.33. The van der Waals surface area contributed by atoms with Gasteiger partial charge >= 0.3 is 12.1 Å². The second-order valence-electron chi connectivity index (χ2n) is 13.0. The molecule has 0 aliphatic carbocycles. The third-order valence-electron chi connectivity index (χ3n) is 7.85. The standard InChI is InChI=1S/C32H47N5O5/c1-21(2)41-31(40)34-28-16-22(3)37(23(4)38)29-9-8-25(18-27(28)29)26-19-33-36(20-26)15-14-35-12-10-24(11-13-35)17-30(39)42-32(5,6)7/h8-9,18-22,24,28H,10-17H2,1-7H3,(H,34,40)/t22-,28+/m1/s1. The Kier molecular flexibility index (Phi) is 9.97. The molecule has 0 radical (unpaired) electrons. The molecule has 2 amide bonds. The molecule has 0 bridgehead atoms. The number of benzene rings is 1. The van der Waals surface area contributed by atoms with Crippen LogP contribution in [0.1, 0.15) is 85.8 Å². The van der Waals surface area contributed by atoms with Crippen molar-refractivity contribution in [3.05, 3.63) is 36.2 Å². The van der Waals surface area contributed by atoms with Crippen molar-refractivity contribution in [3.63, 3.8) is 0 Å². The number of nitrogens with zero attached hydrogens (tertiary/aromatic N) is 4. The first-order valence-electron chi connectivity index (χ1n) is 15.2. The van der Waals surface area contributed by atoms with E-state index in [1.54, 1.807) is 11.8 Å². The van der Waals surface area contributed by atoms with E-state index in [1.807, 2.05) is 76.8 Å². The zero-order valence-electron chi connectivity index (χ0n) is 26.2. The molecule has 4 rings (SSSR count). The lowest BCUT2D eigenvalue weighted by Crippen LogP contribution is -2.45. The topological polar surface area (TPSA) is 106 Å². The number of aromatic nitrogens is 2. The number of hydrogen-bond donors (Lipinski definition) is 1. The third-order valence-corrected chi connectivity index (χ3v) is 7.85. The van der Waals surface area contributed by atoms with Crippen LogP contribution >= 0.6 is 0 Å². The van der Waals surface area contributed by atoms with Gasteiger partial charge in [0.25, 0.3) is 0 Å². The van der Waals surface area contributed by atoms with Gasteiger partial charge in [-0.15, -0.1) is 0 Å². The summed E-state index contributed by atoms with van der Waals surface area (Å²) < 4.78 is 12.8. The summed E-state index contributed by atoms with van der Waals surface area (Å²) >= 11 is 0. The minimum atomic E-state index is -0.462. The van der Waals surface area contributed by atoms with Crippen molar-refractivity contribution in [3.8, 4) is 11.1 Å². The fraction of sp³-hybridized carbons (Fsp3) is 0.625. The Labute approximate surface area is 249 Å². The van der Waals surface area contributed by atoms with Gasteiger partial charge in [0.1, 0.15) is 5.60 Å². The molecule has 2 aliphatic heterocycles. The van der Waals surface area contributed by atoms with Crippen molar-refractivity contribution in [1.29, 1.82) is 0 Å². The molecule has 1 aromatic carbocycles. The molecule has 10 heteroatoms. The summed E-state index contributed by atoms with van der Waals surface area (Å²) in [6, 6.07) is 5.69. The maximum atomic E-state index is 12.5. The van der Waals surface area contributed by atoms with Crippen LogP contribution in [0.4, 0.5) is 10.5 Å². The highest BCUT2D eigenvalue weighted by Crippen LogP contribution is 2.39. The minimum absolute atomic E-state index is 0.0265. The fourth-order valence-corrected chi connectivity index (χ4v) is 5.96. The summed E-state index contributed by atoms with van der Waals surface area (Å²) in [4.78, 5) is 41.4. The number of amides is 2. The largest absolute Gasteiger partial charge is 0.460 e. The number of rotatable bonds is 8. The molecule has 1 N–H and O–H groups in total. The van der Waals surface area contributed by atoms with E-state index in [0.29, 0.717) is 18.8 Å². The molecular weight excluding hydrogens is 534 g/mol. The summed E-state index contributed by atoms with van der Waals surface area (Å²) in [5, 5.41) is 7.62. The number of likely N-dealkylation sites (tertiary alicyclic amines) is 1. The second-order valence-corrected chi connectivity index (χ2v) is 13.0. The highest BCUT2D eigenvalue weighted by molar-refractivity contribution is 5.94. The molecule has 2 aliphatic rings. The van der Waals surface area contributed by atoms with Gasteiger partial charge in [-0.2, -0.15) is 5.10 Å². The number of ether oxygens (including phenoxy) is 2. The van der Waals surface area contributed by atoms with E-state index < -0.39 is 11.7 Å². The Morgan fingerprint density at radius 2 is 1.81 bits per heavy atom. The van der Waals surface area contributed by atoms with Crippen LogP contribution in [0.2, 0.25) is 0 Å². The van der Waals surface area contributed by atoms with Gasteiger partial charge in [0.15, 0.2) is 0 Å². The molecule has 230 valence electrons. The summed E-state index contributed by atoms with van der Waals surface area (Å²) in [7, 11) is 0. The molecule has 1 aromatic heterocycles. The van der Waals surface area contributed by atoms with Gasteiger partial charge in [-0.3, -0.25) is 14.3 Å². The maximum Gasteiger partial charge on any atom is 0.407 e. The maximum absolute atomic E-state index is 12.5. The SMILES string of the molecule is CC(=O)N1c2ccc(-c3cnn(CCN4CCC(CC(=O)OC(C)(C)C)CC4)c3)cc2[C@@H](NC(=O)OC(C)C)C[C@H]1C. The lowest BCUT2D eigenvalue weighted by atomic mass is 9.89. The van der Waals surface area contributed by atoms with Crippen LogP contribution in [0.15, 0.2) is 30.6 Å². The van der Waals surface area contributed by atoms with Crippen molar-refractivity contribution in [2.24, 2.45) is 5.92 Å². The van der Waals surface area contributed by atoms with Gasteiger partial charge < -0.3 is 24.6 Å². The number of fused-ring (bicyclic) bond motifs is 1. The molecule has 1 fully saturated rings. The first-order chi connectivity index (χ1) is 19.8. The van der Waals surface area contributed by atoms with Crippen LogP contribution in [-0.2, 0) is 25.6 Å². The van der Waals surface area contributed by atoms with Gasteiger partial charge in [-0.1, -0.05) is 6.07 Å². The van der Waals surface area contributed by atoms with E-state index >= 15 is 0 Å². The minimum Gasteiger partial charge on any atom is -0.460 e. The van der Waals surface area contributed by atoms with E-state index in [2.05, 4.69) is 15.3 Å². The molecular formula is C32H47N5O5. The number of hydrogen-bond acceptors (Lipinski definition) is 7. The van der Waals surface area contributed by atoms with Crippen LogP contribution < -0.4 is 10.2 Å². The van der Waals surface area contributed by atoms with Crippen molar-refractivity contribution in [1.82, 2.24) is 20.0 Å². The van der Waals surface area contributed by atoms with Crippen LogP contribution in [0.25, 0.3) is 11.1 Å². The number of alkyl carbamates (subject to hydrolysis) is 1. The zero-order valence-corrected chi connectivity index (χ0v) is 26.2. The first-order valence-corrected chi connectivity index (χ1v) is 15.2. The Morgan fingerprint density at radius 3 is 2.45 bits per heavy atom. The number of piperidine rings is 1. The quantitative estimate of drug-likeness (QED) is 0.421. The summed E-state index contributed by atoms with van der Waals surface area (Å²) in [5.74, 6) is 0.249. The van der Waals surface area contributed by atoms with E-state index in [0.717, 1.165) is 61.4 Å². The van der Waals surface area contributed by atoms with E-state index in [4.69, 9.17) is 9.47 Å². The molecule has 0 unspecified atom stereocenters. The highest BCUT2D eigenvalue weighted by atomic mass is 16.6. The van der Waals surface area contributed by atoms with Crippen molar-refractivity contribution < 1.29 is 23.9 Å². The number of nitrogens with one attached hydrogen (secondary N) is 1. The van der Waals surface area contributed by atoms with Crippen LogP contribution in [0.5, 0.6) is 0 Å². The van der Waals surface area contributed by atoms with Crippen LogP contribution in [0, 0.1) is 5.92 Å². The molecule has 2 atom stereocenters. The molecule has 0 spiro atoms. The Bertz CT molecular complexity index is 1260. The Morgan fingerprint density at radius 1 is 1.10 bits per heavy atom. The van der Waals surface area contributed by atoms with Gasteiger partial charge in [0.05, 0.1) is 24.9 Å². The highest BCUT2D eigenvalue weighted by Gasteiger charge is 2.34. The van der Waals surface area contributed by atoms with Crippen LogP contribution in [-0.4, -0.2) is 70.0 Å². The summed E-state index contributed by atoms with van der Waals surface area (Å²) in [6.45, 7) is 16.5. The van der Waals surface area contributed by atoms with Gasteiger partial charge in [0.2, 0.25) is 5.91 Å². The Hall–Kier alpha value is -3.40. The molecule has 3 heterocycles. The predicted octanol–water partition coefficient (Wildman–Crippen LogP) is 5.31. The predicted molar refractivity (Wildman–Crippen MR) is 162 cm³/mol. The zero-order chi connectivity index (χ0) is 30.6. The molecule has 1 saturated heterocycles. The summed E-state index contributed by atoms with van der Waals surface area (Å²) in [6.07, 6.45) is 6.29. The molecule has 2 aromatic rings. The first kappa shape index (κ1) is 31.5. The monoisotopic (exact) mass is 581 g/mol. The lowest BCUT2D eigenvalue weighted by Gasteiger charge is -2.39. The number of esters is 1. The number of carbonyl (C=O) groups is 3. The van der Waals surface area contributed by atoms with Crippen LogP contribution in [0.3, 0.4) is 0 Å². The van der Waals surface area contributed by atoms with Crippen molar-refractivity contribution in [2.75, 3.05) is 24.5 Å². The van der Waals surface area contributed by atoms with E-state index in [-0.39, 0.29) is 30.1 Å². The van der Waals surface area contributed by atoms with Gasteiger partial charge in [0, 0.05) is 43.4 Å². The molecule has 10 nitrogen and oxygen atoms in total. The Balaban J connectivity index is 1.38. The average Bonchev–Trinajstić information content (AvgIpc) is 3.35. The second kappa shape index (κ2) is 13.3. The van der Waals surface area contributed by atoms with Crippen molar-refractivity contribution >= 4 is 23.7 Å². The lowest BCUT2D eigenvalue weighted by molar-refractivity contribution is -0.156. The average molecular weight is 582 g/mol. The van der Waals surface area contributed by atoms with E-state index in [1.165, 1.54) is 0 Å². The van der Waals surface area contributed by atoms with E-state index in [9.17, 15) is 14.4 Å². The smallest absolute Gasteiger partial charge is 0.407 e. The molecule has 42 heavy (non-hydrogen) atoms. The normalized spacial score (nSPS) is 19.9. The van der Waals surface area contributed by atoms with Gasteiger partial charge in [-0.05, 0) is 103 Å².